The summed E-state index contributed by atoms with van der Waals surface area (Å²) < 4.78 is 18.4. The van der Waals surface area contributed by atoms with Gasteiger partial charge >= 0.3 is 6.03 Å². The van der Waals surface area contributed by atoms with Crippen LogP contribution in [0.25, 0.3) is 0 Å². The van der Waals surface area contributed by atoms with Gasteiger partial charge in [-0.15, -0.1) is 0 Å². The summed E-state index contributed by atoms with van der Waals surface area (Å²) >= 11 is 0. The largest absolute Gasteiger partial charge is 0.389 e. The van der Waals surface area contributed by atoms with Crippen LogP contribution in [-0.2, 0) is 11.2 Å². The summed E-state index contributed by atoms with van der Waals surface area (Å²) in [5.74, 6) is -0.269. The number of halogens is 1. The van der Waals surface area contributed by atoms with Crippen LogP contribution >= 0.6 is 0 Å². The summed E-state index contributed by atoms with van der Waals surface area (Å²) in [5.41, 5.74) is 0.568. The third-order valence-electron chi connectivity index (χ3n) is 3.28. The van der Waals surface area contributed by atoms with Gasteiger partial charge < -0.3 is 20.5 Å². The third-order valence-corrected chi connectivity index (χ3v) is 3.28. The van der Waals surface area contributed by atoms with E-state index in [1.54, 1.807) is 18.2 Å². The van der Waals surface area contributed by atoms with Crippen molar-refractivity contribution in [3.05, 3.63) is 35.6 Å². The zero-order valence-corrected chi connectivity index (χ0v) is 11.1. The quantitative estimate of drug-likeness (QED) is 0.765. The van der Waals surface area contributed by atoms with Gasteiger partial charge in [0.15, 0.2) is 0 Å². The molecule has 110 valence electrons. The number of aliphatic hydroxyl groups excluding tert-OH is 1. The first-order chi connectivity index (χ1) is 9.66. The van der Waals surface area contributed by atoms with Crippen molar-refractivity contribution in [1.29, 1.82) is 0 Å². The van der Waals surface area contributed by atoms with E-state index < -0.39 is 6.10 Å². The van der Waals surface area contributed by atoms with Gasteiger partial charge in [-0.3, -0.25) is 0 Å². The van der Waals surface area contributed by atoms with Crippen LogP contribution in [0.4, 0.5) is 9.18 Å². The number of benzene rings is 1. The molecule has 20 heavy (non-hydrogen) atoms. The first-order valence-corrected chi connectivity index (χ1v) is 6.70. The molecule has 5 nitrogen and oxygen atoms in total. The van der Waals surface area contributed by atoms with Crippen LogP contribution in [0.15, 0.2) is 24.3 Å². The summed E-state index contributed by atoms with van der Waals surface area (Å²) in [6, 6.07) is 5.83. The van der Waals surface area contributed by atoms with E-state index in [9.17, 15) is 14.3 Å². The Morgan fingerprint density at radius 3 is 3.00 bits per heavy atom. The fourth-order valence-electron chi connectivity index (χ4n) is 2.12. The second-order valence-corrected chi connectivity index (χ2v) is 4.78. The summed E-state index contributed by atoms with van der Waals surface area (Å²) in [7, 11) is 0. The van der Waals surface area contributed by atoms with Crippen molar-refractivity contribution < 1.29 is 19.0 Å². The van der Waals surface area contributed by atoms with Gasteiger partial charge in [0.2, 0.25) is 0 Å². The summed E-state index contributed by atoms with van der Waals surface area (Å²) in [5, 5.41) is 15.0. The topological polar surface area (TPSA) is 70.6 Å². The van der Waals surface area contributed by atoms with E-state index in [2.05, 4.69) is 10.6 Å². The first kappa shape index (κ1) is 14.7. The fraction of sp³-hybridized carbons (Fsp3) is 0.500. The molecule has 2 rings (SSSR count). The van der Waals surface area contributed by atoms with Crippen LogP contribution in [0.1, 0.15) is 12.0 Å². The number of urea groups is 1. The molecule has 2 atom stereocenters. The summed E-state index contributed by atoms with van der Waals surface area (Å²) in [6.45, 7) is 1.10. The highest BCUT2D eigenvalue weighted by atomic mass is 19.1. The minimum atomic E-state index is -0.680. The molecule has 0 spiro atoms. The van der Waals surface area contributed by atoms with Crippen LogP contribution in [0.3, 0.4) is 0 Å². The smallest absolute Gasteiger partial charge is 0.315 e. The van der Waals surface area contributed by atoms with Gasteiger partial charge in [0.05, 0.1) is 18.8 Å². The van der Waals surface area contributed by atoms with Crippen molar-refractivity contribution in [3.8, 4) is 0 Å². The lowest BCUT2D eigenvalue weighted by atomic mass is 10.1. The van der Waals surface area contributed by atoms with Crippen molar-refractivity contribution >= 4 is 6.03 Å². The van der Waals surface area contributed by atoms with Gasteiger partial charge in [0.25, 0.3) is 0 Å². The third kappa shape index (κ3) is 4.18. The number of hydrogen-bond acceptors (Lipinski definition) is 3. The molecule has 1 aliphatic rings. The maximum Gasteiger partial charge on any atom is 0.315 e. The molecule has 1 aliphatic heterocycles. The Bertz CT molecular complexity index is 456. The number of rotatable bonds is 4. The standard InChI is InChI=1S/C14H19FN2O3/c15-11-4-2-1-3-10(11)5-7-16-14(19)17-12-6-8-20-9-13(12)18/h1-4,12-13,18H,5-9H2,(H2,16,17,19)/t12-,13-/m1/s1. The number of nitrogens with one attached hydrogen (secondary N) is 2. The minimum absolute atomic E-state index is 0.236. The molecule has 2 amide bonds. The lowest BCUT2D eigenvalue weighted by molar-refractivity contribution is -0.0247. The van der Waals surface area contributed by atoms with Crippen molar-refractivity contribution in [2.75, 3.05) is 19.8 Å². The second kappa shape index (κ2) is 7.21. The highest BCUT2D eigenvalue weighted by Crippen LogP contribution is 2.08. The van der Waals surface area contributed by atoms with Crippen LogP contribution in [-0.4, -0.2) is 43.0 Å². The Hall–Kier alpha value is -1.66. The average Bonchev–Trinajstić information content (AvgIpc) is 2.43. The Morgan fingerprint density at radius 1 is 1.45 bits per heavy atom. The average molecular weight is 282 g/mol. The summed E-state index contributed by atoms with van der Waals surface area (Å²) in [4.78, 5) is 11.7. The lowest BCUT2D eigenvalue weighted by Crippen LogP contribution is -2.51. The van der Waals surface area contributed by atoms with E-state index in [-0.39, 0.29) is 24.5 Å². The van der Waals surface area contributed by atoms with Crippen LogP contribution in [0, 0.1) is 5.82 Å². The fourth-order valence-corrected chi connectivity index (χ4v) is 2.12. The van der Waals surface area contributed by atoms with E-state index in [0.29, 0.717) is 31.6 Å². The predicted molar refractivity (Wildman–Crippen MR) is 71.9 cm³/mol. The molecule has 0 aliphatic carbocycles. The maximum absolute atomic E-state index is 13.4. The van der Waals surface area contributed by atoms with Gasteiger partial charge in [0.1, 0.15) is 5.82 Å². The van der Waals surface area contributed by atoms with Gasteiger partial charge in [0, 0.05) is 13.2 Å². The number of amides is 2. The Kier molecular flexibility index (Phi) is 5.31. The molecule has 0 bridgehead atoms. The van der Waals surface area contributed by atoms with E-state index in [1.807, 2.05) is 0 Å². The van der Waals surface area contributed by atoms with E-state index in [0.717, 1.165) is 0 Å². The Labute approximate surface area is 117 Å². The van der Waals surface area contributed by atoms with Crippen molar-refractivity contribution in [3.63, 3.8) is 0 Å². The highest BCUT2D eigenvalue weighted by Gasteiger charge is 2.24. The number of hydrogen-bond donors (Lipinski definition) is 3. The molecule has 1 aromatic carbocycles. The molecule has 1 saturated heterocycles. The maximum atomic E-state index is 13.4. The number of carbonyl (C=O) groups excluding carboxylic acids is 1. The normalized spacial score (nSPS) is 22.3. The monoisotopic (exact) mass is 282 g/mol. The van der Waals surface area contributed by atoms with Crippen LogP contribution in [0.5, 0.6) is 0 Å². The molecule has 6 heteroatoms. The molecule has 0 aromatic heterocycles. The first-order valence-electron chi connectivity index (χ1n) is 6.70. The highest BCUT2D eigenvalue weighted by molar-refractivity contribution is 5.74. The van der Waals surface area contributed by atoms with Crippen molar-refractivity contribution in [2.24, 2.45) is 0 Å². The number of carbonyl (C=O) groups is 1. The van der Waals surface area contributed by atoms with Gasteiger partial charge in [-0.05, 0) is 24.5 Å². The van der Waals surface area contributed by atoms with Crippen LogP contribution < -0.4 is 10.6 Å². The molecular formula is C14H19FN2O3. The Morgan fingerprint density at radius 2 is 2.25 bits per heavy atom. The van der Waals surface area contributed by atoms with Crippen molar-refractivity contribution in [2.45, 2.75) is 25.0 Å². The van der Waals surface area contributed by atoms with Gasteiger partial charge in [-0.1, -0.05) is 18.2 Å². The molecule has 3 N–H and O–H groups in total. The molecule has 0 radical (unpaired) electrons. The summed E-state index contributed by atoms with van der Waals surface area (Å²) in [6.07, 6.45) is 0.333. The molecule has 0 saturated carbocycles. The molecular weight excluding hydrogens is 263 g/mol. The van der Waals surface area contributed by atoms with Gasteiger partial charge in [-0.25, -0.2) is 9.18 Å². The second-order valence-electron chi connectivity index (χ2n) is 4.78. The van der Waals surface area contributed by atoms with E-state index in [1.165, 1.54) is 6.07 Å². The SMILES string of the molecule is O=C(NCCc1ccccc1F)N[C@@H]1CCOC[C@H]1O. The minimum Gasteiger partial charge on any atom is -0.389 e. The molecule has 1 heterocycles. The number of aliphatic hydroxyl groups is 1. The lowest BCUT2D eigenvalue weighted by Gasteiger charge is -2.28. The zero-order chi connectivity index (χ0) is 14.4. The zero-order valence-electron chi connectivity index (χ0n) is 11.1. The van der Waals surface area contributed by atoms with Crippen molar-refractivity contribution in [1.82, 2.24) is 10.6 Å². The molecule has 1 aromatic rings. The Balaban J connectivity index is 1.71. The number of ether oxygens (including phenoxy) is 1. The van der Waals surface area contributed by atoms with Gasteiger partial charge in [-0.2, -0.15) is 0 Å². The van der Waals surface area contributed by atoms with E-state index in [4.69, 9.17) is 4.74 Å². The van der Waals surface area contributed by atoms with E-state index >= 15 is 0 Å². The predicted octanol–water partition coefficient (Wildman–Crippen LogP) is 0.817. The molecule has 0 unspecified atom stereocenters. The van der Waals surface area contributed by atoms with Crippen LogP contribution in [0.2, 0.25) is 0 Å². The molecule has 1 fully saturated rings.